The average Bonchev–Trinajstić information content (AvgIpc) is 2.88. The Morgan fingerprint density at radius 2 is 1.80 bits per heavy atom. The van der Waals surface area contributed by atoms with Crippen LogP contribution in [-0.2, 0) is 0 Å². The summed E-state index contributed by atoms with van der Waals surface area (Å²) in [7, 11) is 0. The summed E-state index contributed by atoms with van der Waals surface area (Å²) in [6, 6.07) is 8.45. The smallest absolute Gasteiger partial charge is 0.371 e. The maximum atomic E-state index is 11.8. The van der Waals surface area contributed by atoms with E-state index in [2.05, 4.69) is 5.32 Å². The van der Waals surface area contributed by atoms with Gasteiger partial charge in [0.05, 0.1) is 0 Å². The van der Waals surface area contributed by atoms with E-state index >= 15 is 0 Å². The zero-order valence-electron chi connectivity index (χ0n) is 10.1. The van der Waals surface area contributed by atoms with Crippen LogP contribution in [-0.4, -0.2) is 22.9 Å². The molecule has 1 heterocycles. The lowest BCUT2D eigenvalue weighted by Gasteiger charge is -2.04. The van der Waals surface area contributed by atoms with Crippen LogP contribution in [0.1, 0.15) is 31.5 Å². The second-order valence-corrected chi connectivity index (χ2v) is 3.87. The van der Waals surface area contributed by atoms with Crippen LogP contribution < -0.4 is 11.1 Å². The number of carboxylic acid groups (broad SMARTS) is 1. The summed E-state index contributed by atoms with van der Waals surface area (Å²) >= 11 is 0. The summed E-state index contributed by atoms with van der Waals surface area (Å²) in [5.74, 6) is -2.99. The third-order valence-electron chi connectivity index (χ3n) is 2.45. The summed E-state index contributed by atoms with van der Waals surface area (Å²) in [5.41, 5.74) is 5.72. The van der Waals surface area contributed by atoms with Crippen molar-refractivity contribution in [2.45, 2.75) is 0 Å². The predicted octanol–water partition coefficient (Wildman–Crippen LogP) is 1.33. The van der Waals surface area contributed by atoms with Gasteiger partial charge in [-0.25, -0.2) is 4.79 Å². The Balaban J connectivity index is 2.16. The molecule has 0 aliphatic carbocycles. The number of amides is 2. The van der Waals surface area contributed by atoms with Crippen LogP contribution in [0, 0.1) is 0 Å². The van der Waals surface area contributed by atoms with Crippen molar-refractivity contribution in [3.63, 3.8) is 0 Å². The van der Waals surface area contributed by atoms with Gasteiger partial charge in [0.2, 0.25) is 11.7 Å². The minimum Gasteiger partial charge on any atom is -0.475 e. The van der Waals surface area contributed by atoms with Gasteiger partial charge in [0.1, 0.15) is 0 Å². The van der Waals surface area contributed by atoms with Gasteiger partial charge in [-0.15, -0.1) is 0 Å². The second-order valence-electron chi connectivity index (χ2n) is 3.87. The third-order valence-corrected chi connectivity index (χ3v) is 2.45. The molecule has 7 heteroatoms. The number of carbonyl (C=O) groups excluding carboxylic acids is 2. The molecule has 1 aromatic carbocycles. The molecule has 0 radical (unpaired) electrons. The van der Waals surface area contributed by atoms with Crippen molar-refractivity contribution in [1.29, 1.82) is 0 Å². The molecule has 0 aliphatic heterocycles. The Hall–Kier alpha value is -3.09. The van der Waals surface area contributed by atoms with Gasteiger partial charge < -0.3 is 20.6 Å². The lowest BCUT2D eigenvalue weighted by Crippen LogP contribution is -2.14. The summed E-state index contributed by atoms with van der Waals surface area (Å²) < 4.78 is 4.85. The van der Waals surface area contributed by atoms with Gasteiger partial charge in [-0.1, -0.05) is 6.07 Å². The first-order chi connectivity index (χ1) is 9.47. The fraction of sp³-hybridized carbons (Fsp3) is 0. The van der Waals surface area contributed by atoms with Crippen molar-refractivity contribution in [2.75, 3.05) is 5.32 Å². The Labute approximate surface area is 113 Å². The first kappa shape index (κ1) is 13.3. The fourth-order valence-electron chi connectivity index (χ4n) is 1.52. The maximum Gasteiger partial charge on any atom is 0.371 e. The summed E-state index contributed by atoms with van der Waals surface area (Å²) in [5, 5.41) is 11.2. The number of primary amides is 1. The van der Waals surface area contributed by atoms with E-state index in [4.69, 9.17) is 15.3 Å². The van der Waals surface area contributed by atoms with E-state index in [-0.39, 0.29) is 17.1 Å². The Kier molecular flexibility index (Phi) is 3.52. The van der Waals surface area contributed by atoms with Crippen molar-refractivity contribution in [1.82, 2.24) is 0 Å². The highest BCUT2D eigenvalue weighted by atomic mass is 16.4. The number of carboxylic acids is 1. The van der Waals surface area contributed by atoms with E-state index in [9.17, 15) is 14.4 Å². The number of furan rings is 1. The molecule has 2 rings (SSSR count). The van der Waals surface area contributed by atoms with Crippen LogP contribution in [0.4, 0.5) is 5.69 Å². The van der Waals surface area contributed by atoms with Gasteiger partial charge in [0.25, 0.3) is 5.91 Å². The average molecular weight is 274 g/mol. The van der Waals surface area contributed by atoms with Crippen LogP contribution in [0.3, 0.4) is 0 Å². The summed E-state index contributed by atoms with van der Waals surface area (Å²) in [4.78, 5) is 33.5. The lowest BCUT2D eigenvalue weighted by atomic mass is 10.2. The standard InChI is InChI=1S/C13H10N2O5/c14-11(16)7-2-1-3-8(6-7)15-12(17)9-4-5-10(20-9)13(18)19/h1-6H,(H2,14,16)(H,15,17)(H,18,19). The molecule has 1 aromatic heterocycles. The number of hydrogen-bond acceptors (Lipinski definition) is 4. The molecule has 0 bridgehead atoms. The first-order valence-corrected chi connectivity index (χ1v) is 5.51. The molecule has 0 saturated carbocycles. The largest absolute Gasteiger partial charge is 0.475 e. The minimum atomic E-state index is -1.26. The number of nitrogens with two attached hydrogens (primary N) is 1. The molecule has 2 amide bonds. The molecule has 102 valence electrons. The highest BCUT2D eigenvalue weighted by molar-refractivity contribution is 6.03. The summed E-state index contributed by atoms with van der Waals surface area (Å²) in [6.45, 7) is 0. The van der Waals surface area contributed by atoms with Crippen molar-refractivity contribution < 1.29 is 23.9 Å². The van der Waals surface area contributed by atoms with Crippen molar-refractivity contribution >= 4 is 23.5 Å². The van der Waals surface area contributed by atoms with E-state index in [1.807, 2.05) is 0 Å². The number of carbonyl (C=O) groups is 3. The van der Waals surface area contributed by atoms with Crippen LogP contribution in [0.15, 0.2) is 40.8 Å². The molecule has 2 aromatic rings. The molecular formula is C13H10N2O5. The van der Waals surface area contributed by atoms with E-state index in [1.54, 1.807) is 12.1 Å². The van der Waals surface area contributed by atoms with Crippen molar-refractivity contribution in [2.24, 2.45) is 5.73 Å². The van der Waals surface area contributed by atoms with Crippen LogP contribution in [0.5, 0.6) is 0 Å². The van der Waals surface area contributed by atoms with Crippen molar-refractivity contribution in [3.8, 4) is 0 Å². The van der Waals surface area contributed by atoms with Crippen LogP contribution >= 0.6 is 0 Å². The number of hydrogen-bond donors (Lipinski definition) is 3. The maximum absolute atomic E-state index is 11.8. The van der Waals surface area contributed by atoms with Gasteiger partial charge >= 0.3 is 5.97 Å². The topological polar surface area (TPSA) is 123 Å². The van der Waals surface area contributed by atoms with Gasteiger partial charge in [0, 0.05) is 11.3 Å². The van der Waals surface area contributed by atoms with Crippen LogP contribution in [0.25, 0.3) is 0 Å². The Morgan fingerprint density at radius 1 is 1.10 bits per heavy atom. The molecule has 0 unspecified atom stereocenters. The molecule has 7 nitrogen and oxygen atoms in total. The van der Waals surface area contributed by atoms with E-state index in [0.717, 1.165) is 0 Å². The first-order valence-electron chi connectivity index (χ1n) is 5.51. The van der Waals surface area contributed by atoms with E-state index < -0.39 is 17.8 Å². The van der Waals surface area contributed by atoms with Crippen LogP contribution in [0.2, 0.25) is 0 Å². The van der Waals surface area contributed by atoms with Gasteiger partial charge in [-0.3, -0.25) is 9.59 Å². The number of anilines is 1. The number of aromatic carboxylic acids is 1. The monoisotopic (exact) mass is 274 g/mol. The highest BCUT2D eigenvalue weighted by Crippen LogP contribution is 2.14. The lowest BCUT2D eigenvalue weighted by molar-refractivity contribution is 0.0660. The van der Waals surface area contributed by atoms with Gasteiger partial charge in [-0.2, -0.15) is 0 Å². The molecule has 0 aliphatic rings. The summed E-state index contributed by atoms with van der Waals surface area (Å²) in [6.07, 6.45) is 0. The Bertz CT molecular complexity index is 690. The number of rotatable bonds is 4. The quantitative estimate of drug-likeness (QED) is 0.776. The molecule has 0 saturated heterocycles. The fourth-order valence-corrected chi connectivity index (χ4v) is 1.52. The molecule has 20 heavy (non-hydrogen) atoms. The molecule has 4 N–H and O–H groups in total. The van der Waals surface area contributed by atoms with E-state index in [1.165, 1.54) is 24.3 Å². The van der Waals surface area contributed by atoms with Gasteiger partial charge in [-0.05, 0) is 30.3 Å². The molecule has 0 spiro atoms. The number of benzene rings is 1. The SMILES string of the molecule is NC(=O)c1cccc(NC(=O)c2ccc(C(=O)O)o2)c1. The molecule has 0 atom stereocenters. The normalized spacial score (nSPS) is 10.0. The van der Waals surface area contributed by atoms with Gasteiger partial charge in [0.15, 0.2) is 5.76 Å². The zero-order chi connectivity index (χ0) is 14.7. The number of nitrogens with one attached hydrogen (secondary N) is 1. The highest BCUT2D eigenvalue weighted by Gasteiger charge is 2.15. The zero-order valence-corrected chi connectivity index (χ0v) is 10.1. The molecule has 0 fully saturated rings. The predicted molar refractivity (Wildman–Crippen MR) is 68.6 cm³/mol. The molecular weight excluding hydrogens is 264 g/mol. The van der Waals surface area contributed by atoms with Crippen molar-refractivity contribution in [3.05, 3.63) is 53.5 Å². The third kappa shape index (κ3) is 2.83. The Morgan fingerprint density at radius 3 is 2.40 bits per heavy atom. The van der Waals surface area contributed by atoms with E-state index in [0.29, 0.717) is 5.69 Å². The minimum absolute atomic E-state index is 0.146. The second kappa shape index (κ2) is 5.27.